The van der Waals surface area contributed by atoms with Crippen molar-refractivity contribution in [1.29, 1.82) is 0 Å². The lowest BCUT2D eigenvalue weighted by Crippen LogP contribution is -2.37. The van der Waals surface area contributed by atoms with Gasteiger partial charge in [-0.15, -0.1) is 5.06 Å². The Labute approximate surface area is 170 Å². The molecule has 1 aliphatic heterocycles. The van der Waals surface area contributed by atoms with Crippen LogP contribution in [0.2, 0.25) is 0 Å². The summed E-state index contributed by atoms with van der Waals surface area (Å²) in [6.07, 6.45) is 2.75. The SMILES string of the molecule is CCCCC(C(=O)O)n1cc(CCON2C(=O)c3ccccc3C2=O)c(=O)[nH]c1=O. The summed E-state index contributed by atoms with van der Waals surface area (Å²) >= 11 is 0. The second-order valence-corrected chi connectivity index (χ2v) is 6.85. The Hall–Kier alpha value is -3.53. The third-order valence-corrected chi connectivity index (χ3v) is 4.84. The van der Waals surface area contributed by atoms with Gasteiger partial charge in [-0.1, -0.05) is 31.9 Å². The van der Waals surface area contributed by atoms with Crippen LogP contribution in [0.25, 0.3) is 0 Å². The van der Waals surface area contributed by atoms with Crippen molar-refractivity contribution < 1.29 is 24.3 Å². The molecule has 0 saturated heterocycles. The van der Waals surface area contributed by atoms with Gasteiger partial charge in [-0.25, -0.2) is 9.59 Å². The number of nitrogens with zero attached hydrogens (tertiary/aromatic N) is 2. The van der Waals surface area contributed by atoms with E-state index in [-0.39, 0.29) is 36.1 Å². The van der Waals surface area contributed by atoms with Gasteiger partial charge in [0.25, 0.3) is 17.4 Å². The van der Waals surface area contributed by atoms with E-state index in [0.29, 0.717) is 11.5 Å². The van der Waals surface area contributed by atoms with Crippen molar-refractivity contribution in [3.63, 3.8) is 0 Å². The molecular formula is C20H21N3O7. The minimum atomic E-state index is -1.18. The standard InChI is InChI=1S/C20H21N3O7/c1-2-3-8-15(19(27)28)22-11-12(16(24)21-20(22)29)9-10-30-23-17(25)13-6-4-5-7-14(13)18(23)26/h4-7,11,15H,2-3,8-10H2,1H3,(H,27,28)(H,21,24,29). The molecule has 158 valence electrons. The molecule has 1 atom stereocenters. The molecule has 2 amide bonds. The molecule has 1 aromatic heterocycles. The molecule has 0 fully saturated rings. The van der Waals surface area contributed by atoms with Crippen LogP contribution in [-0.2, 0) is 16.1 Å². The first-order valence-electron chi connectivity index (χ1n) is 9.53. The Morgan fingerprint density at radius 3 is 2.33 bits per heavy atom. The van der Waals surface area contributed by atoms with Crippen molar-refractivity contribution in [2.45, 2.75) is 38.6 Å². The van der Waals surface area contributed by atoms with E-state index in [1.54, 1.807) is 12.1 Å². The number of carboxylic acid groups (broad SMARTS) is 1. The molecule has 0 saturated carbocycles. The number of amides is 2. The number of benzene rings is 1. The maximum Gasteiger partial charge on any atom is 0.329 e. The zero-order valence-electron chi connectivity index (χ0n) is 16.3. The highest BCUT2D eigenvalue weighted by Gasteiger charge is 2.36. The molecule has 0 aliphatic carbocycles. The molecule has 2 heterocycles. The second kappa shape index (κ2) is 8.87. The largest absolute Gasteiger partial charge is 0.480 e. The van der Waals surface area contributed by atoms with Gasteiger partial charge in [-0.2, -0.15) is 0 Å². The number of aromatic nitrogens is 2. The minimum Gasteiger partial charge on any atom is -0.480 e. The van der Waals surface area contributed by atoms with Crippen LogP contribution in [0, 0.1) is 0 Å². The van der Waals surface area contributed by atoms with E-state index in [1.807, 2.05) is 6.92 Å². The van der Waals surface area contributed by atoms with Crippen LogP contribution >= 0.6 is 0 Å². The number of nitrogens with one attached hydrogen (secondary N) is 1. The molecule has 1 aromatic carbocycles. The van der Waals surface area contributed by atoms with E-state index in [1.165, 1.54) is 18.3 Å². The molecule has 1 unspecified atom stereocenters. The van der Waals surface area contributed by atoms with E-state index in [4.69, 9.17) is 4.84 Å². The summed E-state index contributed by atoms with van der Waals surface area (Å²) in [7, 11) is 0. The number of carbonyl (C=O) groups is 3. The van der Waals surface area contributed by atoms with Crippen molar-refractivity contribution in [2.24, 2.45) is 0 Å². The van der Waals surface area contributed by atoms with Crippen LogP contribution in [0.15, 0.2) is 40.1 Å². The van der Waals surface area contributed by atoms with E-state index in [0.717, 1.165) is 11.0 Å². The number of rotatable bonds is 9. The van der Waals surface area contributed by atoms with Gasteiger partial charge in [0.2, 0.25) is 0 Å². The molecular weight excluding hydrogens is 394 g/mol. The van der Waals surface area contributed by atoms with Gasteiger partial charge in [-0.3, -0.25) is 28.8 Å². The summed E-state index contributed by atoms with van der Waals surface area (Å²) in [6, 6.07) is 5.19. The summed E-state index contributed by atoms with van der Waals surface area (Å²) in [5.41, 5.74) is -0.924. The predicted molar refractivity (Wildman–Crippen MR) is 104 cm³/mol. The maximum absolute atomic E-state index is 12.3. The van der Waals surface area contributed by atoms with Gasteiger partial charge in [0.05, 0.1) is 17.7 Å². The highest BCUT2D eigenvalue weighted by atomic mass is 16.7. The lowest BCUT2D eigenvalue weighted by molar-refractivity contribution is -0.141. The number of hydroxylamine groups is 2. The van der Waals surface area contributed by atoms with Gasteiger partial charge in [0, 0.05) is 18.2 Å². The number of unbranched alkanes of at least 4 members (excludes halogenated alkanes) is 1. The second-order valence-electron chi connectivity index (χ2n) is 6.85. The molecule has 0 radical (unpaired) electrons. The molecule has 10 heteroatoms. The fraction of sp³-hybridized carbons (Fsp3) is 0.350. The average Bonchev–Trinajstić information content (AvgIpc) is 2.95. The van der Waals surface area contributed by atoms with Gasteiger partial charge in [-0.05, 0) is 18.6 Å². The molecule has 1 aliphatic rings. The quantitative estimate of drug-likeness (QED) is 0.585. The summed E-state index contributed by atoms with van der Waals surface area (Å²) < 4.78 is 0.983. The van der Waals surface area contributed by atoms with Crippen LogP contribution in [0.1, 0.15) is 58.5 Å². The molecule has 30 heavy (non-hydrogen) atoms. The zero-order chi connectivity index (χ0) is 21.8. The molecule has 2 N–H and O–H groups in total. The van der Waals surface area contributed by atoms with Gasteiger partial charge in [0.1, 0.15) is 6.04 Å². The monoisotopic (exact) mass is 415 g/mol. The molecule has 2 aromatic rings. The number of imide groups is 1. The Morgan fingerprint density at radius 1 is 1.13 bits per heavy atom. The smallest absolute Gasteiger partial charge is 0.329 e. The van der Waals surface area contributed by atoms with Crippen molar-refractivity contribution in [2.75, 3.05) is 6.61 Å². The first-order valence-corrected chi connectivity index (χ1v) is 9.53. The maximum atomic E-state index is 12.3. The number of hydrogen-bond acceptors (Lipinski definition) is 6. The topological polar surface area (TPSA) is 139 Å². The molecule has 0 bridgehead atoms. The summed E-state index contributed by atoms with van der Waals surface area (Å²) in [4.78, 5) is 67.8. The fourth-order valence-electron chi connectivity index (χ4n) is 3.25. The van der Waals surface area contributed by atoms with Crippen molar-refractivity contribution in [3.8, 4) is 0 Å². The number of carbonyl (C=O) groups excluding carboxylic acids is 2. The summed E-state index contributed by atoms with van der Waals surface area (Å²) in [5, 5.41) is 10.1. The Balaban J connectivity index is 1.74. The highest BCUT2D eigenvalue weighted by Crippen LogP contribution is 2.22. The van der Waals surface area contributed by atoms with Crippen molar-refractivity contribution in [3.05, 3.63) is 68.0 Å². The average molecular weight is 415 g/mol. The molecule has 3 rings (SSSR count). The molecule has 10 nitrogen and oxygen atoms in total. The van der Waals surface area contributed by atoms with Crippen LogP contribution in [0.3, 0.4) is 0 Å². The first-order chi connectivity index (χ1) is 14.3. The fourth-order valence-corrected chi connectivity index (χ4v) is 3.25. The minimum absolute atomic E-state index is 0.0386. The van der Waals surface area contributed by atoms with Crippen LogP contribution < -0.4 is 11.2 Å². The number of fused-ring (bicyclic) bond motifs is 1. The first kappa shape index (κ1) is 21.2. The van der Waals surface area contributed by atoms with Crippen LogP contribution in [-0.4, -0.2) is 44.1 Å². The number of H-pyrrole nitrogens is 1. The number of aromatic amines is 1. The Kier molecular flexibility index (Phi) is 6.26. The number of aliphatic carboxylic acids is 1. The summed E-state index contributed by atoms with van der Waals surface area (Å²) in [6.45, 7) is 1.70. The van der Waals surface area contributed by atoms with Crippen molar-refractivity contribution >= 4 is 17.8 Å². The van der Waals surface area contributed by atoms with Crippen LogP contribution in [0.5, 0.6) is 0 Å². The lowest BCUT2D eigenvalue weighted by Gasteiger charge is -2.16. The van der Waals surface area contributed by atoms with E-state index >= 15 is 0 Å². The summed E-state index contributed by atoms with van der Waals surface area (Å²) in [5.74, 6) is -2.37. The zero-order valence-corrected chi connectivity index (χ0v) is 16.3. The van der Waals surface area contributed by atoms with Gasteiger partial charge >= 0.3 is 11.7 Å². The number of hydrogen-bond donors (Lipinski definition) is 2. The predicted octanol–water partition coefficient (Wildman–Crippen LogP) is 1.12. The third kappa shape index (κ3) is 4.08. The van der Waals surface area contributed by atoms with E-state index in [9.17, 15) is 29.1 Å². The van der Waals surface area contributed by atoms with Gasteiger partial charge < -0.3 is 5.11 Å². The highest BCUT2D eigenvalue weighted by molar-refractivity contribution is 6.20. The van der Waals surface area contributed by atoms with Crippen LogP contribution in [0.4, 0.5) is 0 Å². The van der Waals surface area contributed by atoms with E-state index in [2.05, 4.69) is 4.98 Å². The molecule has 0 spiro atoms. The lowest BCUT2D eigenvalue weighted by atomic mass is 10.1. The Morgan fingerprint density at radius 2 is 1.77 bits per heavy atom. The van der Waals surface area contributed by atoms with E-state index < -0.39 is 35.1 Å². The van der Waals surface area contributed by atoms with Gasteiger partial charge in [0.15, 0.2) is 0 Å². The Bertz CT molecular complexity index is 1070. The third-order valence-electron chi connectivity index (χ3n) is 4.84. The van der Waals surface area contributed by atoms with Crippen molar-refractivity contribution in [1.82, 2.24) is 14.6 Å². The number of carboxylic acids is 1. The normalized spacial score (nSPS) is 14.1.